The van der Waals surface area contributed by atoms with Crippen molar-refractivity contribution in [2.45, 2.75) is 32.1 Å². The standard InChI is InChI=1S/C11H20N2O6S/c1-20(18,19)8-4-7-12-11(17)13-9(14)5-2-3-6-10(15)16/h2-8H2,1H3,(H,15,16)(H2,12,13,14,17). The van der Waals surface area contributed by atoms with Crippen molar-refractivity contribution in [1.29, 1.82) is 0 Å². The number of carboxylic acid groups (broad SMARTS) is 1. The molecule has 0 aliphatic heterocycles. The van der Waals surface area contributed by atoms with Crippen LogP contribution < -0.4 is 10.6 Å². The van der Waals surface area contributed by atoms with Crippen LogP contribution >= 0.6 is 0 Å². The van der Waals surface area contributed by atoms with E-state index in [0.717, 1.165) is 6.26 Å². The van der Waals surface area contributed by atoms with Gasteiger partial charge in [0.2, 0.25) is 5.91 Å². The van der Waals surface area contributed by atoms with E-state index >= 15 is 0 Å². The molecule has 0 aromatic rings. The van der Waals surface area contributed by atoms with Gasteiger partial charge in [0.05, 0.1) is 5.75 Å². The predicted octanol–water partition coefficient (Wildman–Crippen LogP) is -0.108. The maximum atomic E-state index is 11.3. The Morgan fingerprint density at radius 2 is 1.65 bits per heavy atom. The van der Waals surface area contributed by atoms with Gasteiger partial charge in [0.1, 0.15) is 9.84 Å². The molecule has 0 fully saturated rings. The van der Waals surface area contributed by atoms with Crippen molar-refractivity contribution in [3.05, 3.63) is 0 Å². The number of carboxylic acids is 1. The van der Waals surface area contributed by atoms with Gasteiger partial charge in [-0.05, 0) is 19.3 Å². The summed E-state index contributed by atoms with van der Waals surface area (Å²) in [6.07, 6.45) is 2.21. The molecule has 0 aliphatic carbocycles. The van der Waals surface area contributed by atoms with Crippen molar-refractivity contribution >= 4 is 27.7 Å². The van der Waals surface area contributed by atoms with Gasteiger partial charge in [0.15, 0.2) is 0 Å². The molecule has 0 heterocycles. The molecule has 3 amide bonds. The first-order chi connectivity index (χ1) is 9.20. The first-order valence-electron chi connectivity index (χ1n) is 6.18. The summed E-state index contributed by atoms with van der Waals surface area (Å²) in [5.74, 6) is -1.44. The summed E-state index contributed by atoms with van der Waals surface area (Å²) in [5, 5.41) is 12.8. The molecule has 0 radical (unpaired) electrons. The lowest BCUT2D eigenvalue weighted by molar-refractivity contribution is -0.137. The molecular formula is C11H20N2O6S. The van der Waals surface area contributed by atoms with Crippen LogP contribution in [0.3, 0.4) is 0 Å². The van der Waals surface area contributed by atoms with E-state index in [9.17, 15) is 22.8 Å². The van der Waals surface area contributed by atoms with Crippen molar-refractivity contribution in [2.24, 2.45) is 0 Å². The van der Waals surface area contributed by atoms with Crippen LogP contribution in [0.2, 0.25) is 0 Å². The second kappa shape index (κ2) is 9.29. The predicted molar refractivity (Wildman–Crippen MR) is 72.0 cm³/mol. The minimum Gasteiger partial charge on any atom is -0.481 e. The minimum absolute atomic E-state index is 0.00896. The molecule has 0 rings (SSSR count). The normalized spacial score (nSPS) is 10.8. The molecular weight excluding hydrogens is 288 g/mol. The Bertz CT molecular complexity index is 446. The maximum Gasteiger partial charge on any atom is 0.321 e. The number of nitrogens with one attached hydrogen (secondary N) is 2. The van der Waals surface area contributed by atoms with Crippen LogP contribution in [0.5, 0.6) is 0 Å². The highest BCUT2D eigenvalue weighted by Gasteiger charge is 2.08. The number of imide groups is 1. The van der Waals surface area contributed by atoms with Crippen LogP contribution in [0.4, 0.5) is 4.79 Å². The van der Waals surface area contributed by atoms with Gasteiger partial charge in [-0.25, -0.2) is 13.2 Å². The maximum absolute atomic E-state index is 11.3. The molecule has 116 valence electrons. The highest BCUT2D eigenvalue weighted by atomic mass is 32.2. The number of hydrogen-bond acceptors (Lipinski definition) is 5. The summed E-state index contributed by atoms with van der Waals surface area (Å²) in [5.41, 5.74) is 0. The van der Waals surface area contributed by atoms with E-state index in [2.05, 4.69) is 10.6 Å². The molecule has 0 saturated heterocycles. The van der Waals surface area contributed by atoms with E-state index in [-0.39, 0.29) is 31.6 Å². The summed E-state index contributed by atoms with van der Waals surface area (Å²) >= 11 is 0. The zero-order chi connectivity index (χ0) is 15.6. The monoisotopic (exact) mass is 308 g/mol. The van der Waals surface area contributed by atoms with Gasteiger partial charge in [0.25, 0.3) is 0 Å². The fourth-order valence-corrected chi connectivity index (χ4v) is 2.00. The van der Waals surface area contributed by atoms with Crippen LogP contribution in [0.1, 0.15) is 32.1 Å². The first-order valence-corrected chi connectivity index (χ1v) is 8.24. The third-order valence-electron chi connectivity index (χ3n) is 2.27. The molecule has 0 bridgehead atoms. The van der Waals surface area contributed by atoms with Crippen molar-refractivity contribution < 1.29 is 27.9 Å². The zero-order valence-corrected chi connectivity index (χ0v) is 12.2. The number of urea groups is 1. The van der Waals surface area contributed by atoms with Gasteiger partial charge in [0, 0.05) is 25.6 Å². The SMILES string of the molecule is CS(=O)(=O)CCCNC(=O)NC(=O)CCCCC(=O)O. The Morgan fingerprint density at radius 3 is 2.20 bits per heavy atom. The van der Waals surface area contributed by atoms with Crippen LogP contribution in [0.25, 0.3) is 0 Å². The second-order valence-electron chi connectivity index (χ2n) is 4.39. The Hall–Kier alpha value is -1.64. The van der Waals surface area contributed by atoms with Gasteiger partial charge in [-0.15, -0.1) is 0 Å². The largest absolute Gasteiger partial charge is 0.481 e. The van der Waals surface area contributed by atoms with E-state index in [1.807, 2.05) is 0 Å². The topological polar surface area (TPSA) is 130 Å². The number of carbonyl (C=O) groups excluding carboxylic acids is 2. The number of unbranched alkanes of at least 4 members (excludes halogenated alkanes) is 1. The molecule has 0 saturated carbocycles. The number of carbonyl (C=O) groups is 3. The average molecular weight is 308 g/mol. The van der Waals surface area contributed by atoms with Crippen LogP contribution in [0.15, 0.2) is 0 Å². The average Bonchev–Trinajstić information content (AvgIpc) is 2.29. The van der Waals surface area contributed by atoms with Gasteiger partial charge in [-0.3, -0.25) is 14.9 Å². The Labute approximate surface area is 117 Å². The summed E-state index contributed by atoms with van der Waals surface area (Å²) in [6, 6.07) is -0.679. The van der Waals surface area contributed by atoms with Gasteiger partial charge in [-0.2, -0.15) is 0 Å². The first kappa shape index (κ1) is 18.4. The number of rotatable bonds is 9. The molecule has 0 atom stereocenters. The number of hydrogen-bond donors (Lipinski definition) is 3. The quantitative estimate of drug-likeness (QED) is 0.510. The molecule has 8 nitrogen and oxygen atoms in total. The lowest BCUT2D eigenvalue weighted by Gasteiger charge is -2.06. The summed E-state index contributed by atoms with van der Waals surface area (Å²) in [7, 11) is -3.05. The number of aliphatic carboxylic acids is 1. The lowest BCUT2D eigenvalue weighted by Crippen LogP contribution is -2.40. The fraction of sp³-hybridized carbons (Fsp3) is 0.727. The van der Waals surface area contributed by atoms with Crippen LogP contribution in [0, 0.1) is 0 Å². The Kier molecular flexibility index (Phi) is 8.53. The fourth-order valence-electron chi connectivity index (χ4n) is 1.33. The molecule has 0 aliphatic rings. The number of amides is 3. The molecule has 0 spiro atoms. The Balaban J connectivity index is 3.65. The highest BCUT2D eigenvalue weighted by Crippen LogP contribution is 1.99. The van der Waals surface area contributed by atoms with E-state index < -0.39 is 27.7 Å². The van der Waals surface area contributed by atoms with Crippen molar-refractivity contribution in [2.75, 3.05) is 18.6 Å². The molecule has 0 aromatic carbocycles. The third kappa shape index (κ3) is 12.8. The van der Waals surface area contributed by atoms with Crippen LogP contribution in [-0.2, 0) is 19.4 Å². The molecule has 3 N–H and O–H groups in total. The van der Waals surface area contributed by atoms with Gasteiger partial charge >= 0.3 is 12.0 Å². The van der Waals surface area contributed by atoms with E-state index in [1.54, 1.807) is 0 Å². The van der Waals surface area contributed by atoms with E-state index in [1.165, 1.54) is 0 Å². The summed E-state index contributed by atoms with van der Waals surface area (Å²) < 4.78 is 21.6. The summed E-state index contributed by atoms with van der Waals surface area (Å²) in [6.45, 7) is 0.158. The smallest absolute Gasteiger partial charge is 0.321 e. The number of sulfone groups is 1. The van der Waals surface area contributed by atoms with Crippen molar-refractivity contribution in [3.63, 3.8) is 0 Å². The Morgan fingerprint density at radius 1 is 1.05 bits per heavy atom. The van der Waals surface area contributed by atoms with Crippen molar-refractivity contribution in [3.8, 4) is 0 Å². The summed E-state index contributed by atoms with van der Waals surface area (Å²) in [4.78, 5) is 32.7. The van der Waals surface area contributed by atoms with Crippen LogP contribution in [-0.4, -0.2) is 50.0 Å². The lowest BCUT2D eigenvalue weighted by atomic mass is 10.2. The second-order valence-corrected chi connectivity index (χ2v) is 6.65. The molecule has 0 unspecified atom stereocenters. The van der Waals surface area contributed by atoms with Gasteiger partial charge < -0.3 is 10.4 Å². The highest BCUT2D eigenvalue weighted by molar-refractivity contribution is 7.90. The van der Waals surface area contributed by atoms with Crippen molar-refractivity contribution in [1.82, 2.24) is 10.6 Å². The van der Waals surface area contributed by atoms with E-state index in [4.69, 9.17) is 5.11 Å². The van der Waals surface area contributed by atoms with E-state index in [0.29, 0.717) is 12.8 Å². The minimum atomic E-state index is -3.05. The van der Waals surface area contributed by atoms with Gasteiger partial charge in [-0.1, -0.05) is 0 Å². The zero-order valence-electron chi connectivity index (χ0n) is 11.3. The molecule has 20 heavy (non-hydrogen) atoms. The molecule has 0 aromatic heterocycles. The third-order valence-corrected chi connectivity index (χ3v) is 3.31. The molecule has 9 heteroatoms.